The van der Waals surface area contributed by atoms with Crippen LogP contribution in [0.4, 0.5) is 5.69 Å². The van der Waals surface area contributed by atoms with E-state index in [9.17, 15) is 19.7 Å². The van der Waals surface area contributed by atoms with Crippen LogP contribution < -0.4 is 9.47 Å². The molecule has 0 amide bonds. The van der Waals surface area contributed by atoms with E-state index >= 15 is 0 Å². The highest BCUT2D eigenvalue weighted by molar-refractivity contribution is 6.30. The van der Waals surface area contributed by atoms with E-state index < -0.39 is 16.9 Å². The van der Waals surface area contributed by atoms with Gasteiger partial charge in [-0.15, -0.1) is 0 Å². The van der Waals surface area contributed by atoms with Gasteiger partial charge in [0.05, 0.1) is 17.6 Å². The summed E-state index contributed by atoms with van der Waals surface area (Å²) < 4.78 is 16.0. The maximum atomic E-state index is 12.4. The molecule has 0 N–H and O–H groups in total. The largest absolute Gasteiger partial charge is 0.493 e. The van der Waals surface area contributed by atoms with E-state index in [0.29, 0.717) is 27.3 Å². The van der Waals surface area contributed by atoms with Crippen LogP contribution in [0.2, 0.25) is 5.02 Å². The SMILES string of the molecule is COc1cc(/C=C2\N=C(c3cccc([N+](=O)[O-])c3C)OC2=O)ccc1OC(=O)c1ccc(Cl)cc1. The van der Waals surface area contributed by atoms with Crippen LogP contribution in [0.15, 0.2) is 71.4 Å². The maximum Gasteiger partial charge on any atom is 0.363 e. The average Bonchev–Trinajstić information content (AvgIpc) is 3.20. The molecule has 0 aliphatic carbocycles. The number of hydrogen-bond acceptors (Lipinski definition) is 8. The zero-order valence-electron chi connectivity index (χ0n) is 18.5. The summed E-state index contributed by atoms with van der Waals surface area (Å²) in [6, 6.07) is 15.4. The number of benzene rings is 3. The zero-order chi connectivity index (χ0) is 25.1. The topological polar surface area (TPSA) is 117 Å². The third kappa shape index (κ3) is 5.04. The van der Waals surface area contributed by atoms with Gasteiger partial charge in [-0.1, -0.05) is 23.7 Å². The van der Waals surface area contributed by atoms with Gasteiger partial charge in [0.2, 0.25) is 5.90 Å². The molecule has 1 heterocycles. The van der Waals surface area contributed by atoms with Crippen molar-refractivity contribution in [3.8, 4) is 11.5 Å². The van der Waals surface area contributed by atoms with E-state index in [-0.39, 0.29) is 28.8 Å². The number of carbonyl (C=O) groups is 2. The molecule has 0 fully saturated rings. The van der Waals surface area contributed by atoms with Crippen molar-refractivity contribution in [1.29, 1.82) is 0 Å². The molecule has 0 radical (unpaired) electrons. The Morgan fingerprint density at radius 3 is 2.54 bits per heavy atom. The highest BCUT2D eigenvalue weighted by Gasteiger charge is 2.27. The van der Waals surface area contributed by atoms with Crippen molar-refractivity contribution in [2.75, 3.05) is 7.11 Å². The third-order valence-electron chi connectivity index (χ3n) is 5.13. The third-order valence-corrected chi connectivity index (χ3v) is 5.38. The second-order valence-corrected chi connectivity index (χ2v) is 7.79. The van der Waals surface area contributed by atoms with Crippen molar-refractivity contribution in [2.45, 2.75) is 6.92 Å². The number of hydrogen-bond donors (Lipinski definition) is 0. The smallest absolute Gasteiger partial charge is 0.363 e. The predicted molar refractivity (Wildman–Crippen MR) is 128 cm³/mol. The Hall–Kier alpha value is -4.50. The van der Waals surface area contributed by atoms with Crippen molar-refractivity contribution in [2.24, 2.45) is 4.99 Å². The summed E-state index contributed by atoms with van der Waals surface area (Å²) in [6.07, 6.45) is 1.47. The highest BCUT2D eigenvalue weighted by atomic mass is 35.5. The average molecular weight is 493 g/mol. The molecule has 0 aromatic heterocycles. The molecule has 0 atom stereocenters. The quantitative estimate of drug-likeness (QED) is 0.154. The Morgan fingerprint density at radius 2 is 1.86 bits per heavy atom. The lowest BCUT2D eigenvalue weighted by Gasteiger charge is -2.10. The highest BCUT2D eigenvalue weighted by Crippen LogP contribution is 2.31. The summed E-state index contributed by atoms with van der Waals surface area (Å²) in [4.78, 5) is 39.7. The van der Waals surface area contributed by atoms with Crippen LogP contribution >= 0.6 is 11.6 Å². The fourth-order valence-electron chi connectivity index (χ4n) is 3.34. The van der Waals surface area contributed by atoms with Gasteiger partial charge in [-0.3, -0.25) is 10.1 Å². The number of aliphatic imine (C=N–C) groups is 1. The van der Waals surface area contributed by atoms with Gasteiger partial charge in [-0.05, 0) is 61.0 Å². The van der Waals surface area contributed by atoms with Crippen LogP contribution in [0.25, 0.3) is 6.08 Å². The van der Waals surface area contributed by atoms with Crippen LogP contribution in [-0.4, -0.2) is 29.9 Å². The van der Waals surface area contributed by atoms with Crippen molar-refractivity contribution >= 4 is 41.2 Å². The summed E-state index contributed by atoms with van der Waals surface area (Å²) in [6.45, 7) is 1.56. The van der Waals surface area contributed by atoms with E-state index in [2.05, 4.69) is 4.99 Å². The number of carbonyl (C=O) groups excluding carboxylic acids is 2. The number of nitrogens with zero attached hydrogens (tertiary/aromatic N) is 2. The Kier molecular flexibility index (Phi) is 6.61. The molecule has 35 heavy (non-hydrogen) atoms. The van der Waals surface area contributed by atoms with Gasteiger partial charge in [0.25, 0.3) is 5.69 Å². The first-order valence-corrected chi connectivity index (χ1v) is 10.6. The van der Waals surface area contributed by atoms with Gasteiger partial charge >= 0.3 is 11.9 Å². The molecule has 0 saturated heterocycles. The first-order valence-electron chi connectivity index (χ1n) is 10.2. The van der Waals surface area contributed by atoms with Crippen LogP contribution in [0.5, 0.6) is 11.5 Å². The molecule has 10 heteroatoms. The number of nitro benzene ring substituents is 1. The van der Waals surface area contributed by atoms with Gasteiger partial charge < -0.3 is 14.2 Å². The Balaban J connectivity index is 1.60. The minimum Gasteiger partial charge on any atom is -0.493 e. The zero-order valence-corrected chi connectivity index (χ0v) is 19.2. The molecule has 0 saturated carbocycles. The van der Waals surface area contributed by atoms with Crippen LogP contribution in [-0.2, 0) is 9.53 Å². The molecule has 0 unspecified atom stereocenters. The second kappa shape index (κ2) is 9.78. The molecule has 176 valence electrons. The lowest BCUT2D eigenvalue weighted by atomic mass is 10.1. The maximum absolute atomic E-state index is 12.4. The van der Waals surface area contributed by atoms with Crippen molar-refractivity contribution in [3.05, 3.63) is 104 Å². The number of rotatable bonds is 6. The Labute approximate surface area is 204 Å². The van der Waals surface area contributed by atoms with E-state index in [1.165, 1.54) is 31.4 Å². The van der Waals surface area contributed by atoms with Crippen molar-refractivity contribution < 1.29 is 28.7 Å². The number of esters is 2. The van der Waals surface area contributed by atoms with Gasteiger partial charge in [-0.2, -0.15) is 0 Å². The number of methoxy groups -OCH3 is 1. The molecule has 0 spiro atoms. The number of nitro groups is 1. The van der Waals surface area contributed by atoms with E-state index in [1.807, 2.05) is 0 Å². The minimum absolute atomic E-state index is 0.00105. The second-order valence-electron chi connectivity index (χ2n) is 7.35. The lowest BCUT2D eigenvalue weighted by Crippen LogP contribution is -2.09. The number of ether oxygens (including phenoxy) is 3. The Morgan fingerprint density at radius 1 is 1.11 bits per heavy atom. The molecular weight excluding hydrogens is 476 g/mol. The van der Waals surface area contributed by atoms with E-state index in [0.717, 1.165) is 0 Å². The van der Waals surface area contributed by atoms with Crippen LogP contribution in [0.3, 0.4) is 0 Å². The number of cyclic esters (lactones) is 1. The molecule has 3 aromatic carbocycles. The van der Waals surface area contributed by atoms with E-state index in [1.54, 1.807) is 49.4 Å². The summed E-state index contributed by atoms with van der Waals surface area (Å²) in [5.74, 6) is -0.884. The van der Waals surface area contributed by atoms with Gasteiger partial charge in [0.1, 0.15) is 0 Å². The molecule has 0 bridgehead atoms. The number of halogens is 1. The summed E-state index contributed by atoms with van der Waals surface area (Å²) in [7, 11) is 1.41. The molecule has 9 nitrogen and oxygen atoms in total. The van der Waals surface area contributed by atoms with Gasteiger partial charge in [0, 0.05) is 22.2 Å². The van der Waals surface area contributed by atoms with Crippen LogP contribution in [0, 0.1) is 17.0 Å². The molecular formula is C25H17ClN2O7. The monoisotopic (exact) mass is 492 g/mol. The lowest BCUT2D eigenvalue weighted by molar-refractivity contribution is -0.385. The molecule has 3 aromatic rings. The normalized spacial score (nSPS) is 13.9. The summed E-state index contributed by atoms with van der Waals surface area (Å²) >= 11 is 5.85. The summed E-state index contributed by atoms with van der Waals surface area (Å²) in [5, 5.41) is 11.7. The molecule has 4 rings (SSSR count). The van der Waals surface area contributed by atoms with Gasteiger partial charge in [-0.25, -0.2) is 14.6 Å². The molecule has 1 aliphatic heterocycles. The fourth-order valence-corrected chi connectivity index (χ4v) is 3.46. The standard InChI is InChI=1S/C25H17ClN2O7/c1-14-18(4-3-5-20(14)28(31)32)23-27-19(25(30)35-23)12-15-6-11-21(22(13-15)33-2)34-24(29)16-7-9-17(26)10-8-16/h3-13H,1-2H3/b19-12-. The molecule has 1 aliphatic rings. The first-order chi connectivity index (χ1) is 16.8. The van der Waals surface area contributed by atoms with Crippen molar-refractivity contribution in [1.82, 2.24) is 0 Å². The predicted octanol–water partition coefficient (Wildman–Crippen LogP) is 5.13. The van der Waals surface area contributed by atoms with Crippen molar-refractivity contribution in [3.63, 3.8) is 0 Å². The fraction of sp³-hybridized carbons (Fsp3) is 0.0800. The van der Waals surface area contributed by atoms with Crippen LogP contribution in [0.1, 0.15) is 27.0 Å². The summed E-state index contributed by atoms with van der Waals surface area (Å²) in [5.41, 5.74) is 1.42. The Bertz CT molecular complexity index is 1410. The van der Waals surface area contributed by atoms with E-state index in [4.69, 9.17) is 25.8 Å². The first kappa shape index (κ1) is 23.7. The minimum atomic E-state index is -0.705. The van der Waals surface area contributed by atoms with Gasteiger partial charge in [0.15, 0.2) is 17.2 Å².